The summed E-state index contributed by atoms with van der Waals surface area (Å²) in [5.74, 6) is 0.897. The van der Waals surface area contributed by atoms with Crippen molar-refractivity contribution >= 4 is 43.9 Å². The van der Waals surface area contributed by atoms with Gasteiger partial charge in [0.25, 0.3) is 0 Å². The van der Waals surface area contributed by atoms with E-state index in [-0.39, 0.29) is 5.91 Å². The van der Waals surface area contributed by atoms with Gasteiger partial charge in [0, 0.05) is 11.4 Å². The summed E-state index contributed by atoms with van der Waals surface area (Å²) in [6.45, 7) is 1.60. The zero-order valence-corrected chi connectivity index (χ0v) is 16.9. The molecule has 0 bridgehead atoms. The Morgan fingerprint density at radius 1 is 1.23 bits per heavy atom. The summed E-state index contributed by atoms with van der Waals surface area (Å²) in [6, 6.07) is 9.79. The van der Waals surface area contributed by atoms with Crippen molar-refractivity contribution in [2.24, 2.45) is 0 Å². The second-order valence-electron chi connectivity index (χ2n) is 6.29. The van der Waals surface area contributed by atoms with Crippen LogP contribution in [0.1, 0.15) is 11.3 Å². The van der Waals surface area contributed by atoms with Crippen LogP contribution in [0.5, 0.6) is 5.75 Å². The number of thiophene rings is 1. The second kappa shape index (κ2) is 8.62. The molecule has 0 aliphatic rings. The van der Waals surface area contributed by atoms with Gasteiger partial charge in [-0.05, 0) is 56.7 Å². The number of rotatable bonds is 8. The lowest BCUT2D eigenvalue weighted by atomic mass is 10.3. The average Bonchev–Trinajstić information content (AvgIpc) is 3.26. The van der Waals surface area contributed by atoms with Gasteiger partial charge in [0.15, 0.2) is 5.13 Å². The van der Waals surface area contributed by atoms with Gasteiger partial charge in [0.1, 0.15) is 5.75 Å². The van der Waals surface area contributed by atoms with Crippen molar-refractivity contribution < 1.29 is 9.53 Å². The molecule has 0 spiro atoms. The van der Waals surface area contributed by atoms with E-state index in [1.165, 1.54) is 11.3 Å². The van der Waals surface area contributed by atoms with Crippen molar-refractivity contribution in [2.45, 2.75) is 12.8 Å². The number of carbonyl (C=O) groups excluding carboxylic acids is 1. The number of carbonyl (C=O) groups is 1. The molecule has 0 N–H and O–H groups in total. The Hall–Kier alpha value is -1.96. The van der Waals surface area contributed by atoms with Gasteiger partial charge in [0.2, 0.25) is 5.91 Å². The largest absolute Gasteiger partial charge is 0.497 e. The molecule has 26 heavy (non-hydrogen) atoms. The number of anilines is 1. The summed E-state index contributed by atoms with van der Waals surface area (Å²) < 4.78 is 6.32. The fraction of sp³-hybridized carbons (Fsp3) is 0.368. The summed E-state index contributed by atoms with van der Waals surface area (Å²) in [6.07, 6.45) is 1.32. The molecule has 0 fully saturated rings. The van der Waals surface area contributed by atoms with Crippen molar-refractivity contribution in [3.05, 3.63) is 40.6 Å². The molecule has 7 heteroatoms. The van der Waals surface area contributed by atoms with Crippen LogP contribution in [0.4, 0.5) is 5.13 Å². The van der Waals surface area contributed by atoms with Gasteiger partial charge in [-0.15, -0.1) is 11.3 Å². The highest BCUT2D eigenvalue weighted by molar-refractivity contribution is 7.22. The number of hydrogen-bond donors (Lipinski definition) is 0. The third kappa shape index (κ3) is 4.60. The predicted octanol–water partition coefficient (Wildman–Crippen LogP) is 3.89. The summed E-state index contributed by atoms with van der Waals surface area (Å²) >= 11 is 3.15. The first-order valence-electron chi connectivity index (χ1n) is 8.49. The molecule has 1 amide bonds. The van der Waals surface area contributed by atoms with Crippen molar-refractivity contribution in [1.29, 1.82) is 0 Å². The number of fused-ring (bicyclic) bond motifs is 1. The third-order valence-electron chi connectivity index (χ3n) is 4.01. The van der Waals surface area contributed by atoms with Gasteiger partial charge in [-0.2, -0.15) is 0 Å². The highest BCUT2D eigenvalue weighted by Crippen LogP contribution is 2.32. The summed E-state index contributed by atoms with van der Waals surface area (Å²) in [7, 11) is 5.74. The van der Waals surface area contributed by atoms with Crippen LogP contribution in [0, 0.1) is 0 Å². The van der Waals surface area contributed by atoms with Crippen LogP contribution in [-0.2, 0) is 11.2 Å². The highest BCUT2D eigenvalue weighted by Gasteiger charge is 2.20. The van der Waals surface area contributed by atoms with E-state index in [2.05, 4.69) is 4.90 Å². The lowest BCUT2D eigenvalue weighted by Gasteiger charge is -2.20. The average molecular weight is 390 g/mol. The minimum atomic E-state index is 0.0947. The van der Waals surface area contributed by atoms with E-state index in [9.17, 15) is 4.79 Å². The summed E-state index contributed by atoms with van der Waals surface area (Å²) in [5.41, 5.74) is 0.896. The van der Waals surface area contributed by atoms with Crippen LogP contribution >= 0.6 is 22.7 Å². The first-order valence-corrected chi connectivity index (χ1v) is 10.2. The molecule has 3 aromatic rings. The quantitative estimate of drug-likeness (QED) is 0.586. The first-order chi connectivity index (χ1) is 12.6. The number of nitrogens with zero attached hydrogens (tertiary/aromatic N) is 3. The van der Waals surface area contributed by atoms with Crippen LogP contribution in [0.15, 0.2) is 35.7 Å². The van der Waals surface area contributed by atoms with Gasteiger partial charge < -0.3 is 9.64 Å². The number of benzene rings is 1. The van der Waals surface area contributed by atoms with Crippen LogP contribution in [0.3, 0.4) is 0 Å². The maximum Gasteiger partial charge on any atom is 0.234 e. The molecule has 0 aliphatic carbocycles. The van der Waals surface area contributed by atoms with Crippen molar-refractivity contribution in [1.82, 2.24) is 9.88 Å². The Morgan fingerprint density at radius 3 is 2.77 bits per heavy atom. The van der Waals surface area contributed by atoms with Crippen LogP contribution in [0.2, 0.25) is 0 Å². The maximum absolute atomic E-state index is 12.9. The van der Waals surface area contributed by atoms with E-state index < -0.39 is 0 Å². The van der Waals surface area contributed by atoms with E-state index in [0.717, 1.165) is 38.9 Å². The highest BCUT2D eigenvalue weighted by atomic mass is 32.1. The number of hydrogen-bond acceptors (Lipinski definition) is 6. The molecule has 1 aromatic carbocycles. The molecule has 2 heterocycles. The molecule has 2 aromatic heterocycles. The summed E-state index contributed by atoms with van der Waals surface area (Å²) in [4.78, 5) is 22.7. The fourth-order valence-electron chi connectivity index (χ4n) is 2.66. The Morgan fingerprint density at radius 2 is 2.08 bits per heavy atom. The minimum Gasteiger partial charge on any atom is -0.497 e. The zero-order valence-electron chi connectivity index (χ0n) is 15.3. The topological polar surface area (TPSA) is 45.7 Å². The number of amides is 1. The number of thiazole rings is 1. The standard InChI is InChI=1S/C19H23N3O2S2/c1-21(2)9-5-10-22(18(23)13-15-6-4-11-25-15)19-20-16-8-7-14(24-3)12-17(16)26-19/h4,6-8,11-12H,5,9-10,13H2,1-3H3. The molecule has 138 valence electrons. The Balaban J connectivity index is 1.84. The summed E-state index contributed by atoms with van der Waals surface area (Å²) in [5, 5.41) is 2.76. The third-order valence-corrected chi connectivity index (χ3v) is 5.93. The molecular formula is C19H23N3O2S2. The molecule has 3 rings (SSSR count). The minimum absolute atomic E-state index is 0.0947. The van der Waals surface area contributed by atoms with E-state index in [1.807, 2.05) is 54.7 Å². The van der Waals surface area contributed by atoms with Gasteiger partial charge >= 0.3 is 0 Å². The van der Waals surface area contributed by atoms with E-state index in [4.69, 9.17) is 9.72 Å². The molecule has 0 saturated carbocycles. The smallest absolute Gasteiger partial charge is 0.234 e. The maximum atomic E-state index is 12.9. The van der Waals surface area contributed by atoms with Crippen molar-refractivity contribution in [3.8, 4) is 5.75 Å². The van der Waals surface area contributed by atoms with Crippen molar-refractivity contribution in [3.63, 3.8) is 0 Å². The van der Waals surface area contributed by atoms with E-state index >= 15 is 0 Å². The normalized spacial score (nSPS) is 11.2. The lowest BCUT2D eigenvalue weighted by Crippen LogP contribution is -2.34. The second-order valence-corrected chi connectivity index (χ2v) is 8.33. The molecular weight excluding hydrogens is 366 g/mol. The van der Waals surface area contributed by atoms with Crippen molar-refractivity contribution in [2.75, 3.05) is 39.2 Å². The zero-order chi connectivity index (χ0) is 18.5. The number of ether oxygens (including phenoxy) is 1. The molecule has 5 nitrogen and oxygen atoms in total. The van der Waals surface area contributed by atoms with Crippen LogP contribution < -0.4 is 9.64 Å². The SMILES string of the molecule is COc1ccc2nc(N(CCCN(C)C)C(=O)Cc3cccs3)sc2c1. The van der Waals surface area contributed by atoms with Crippen LogP contribution in [-0.4, -0.2) is 50.1 Å². The fourth-order valence-corrected chi connectivity index (χ4v) is 4.40. The molecule has 0 unspecified atom stereocenters. The Labute approximate surface area is 161 Å². The van der Waals surface area contributed by atoms with Gasteiger partial charge in [-0.1, -0.05) is 17.4 Å². The molecule has 0 atom stereocenters. The van der Waals surface area contributed by atoms with Gasteiger partial charge in [-0.3, -0.25) is 9.69 Å². The Kier molecular flexibility index (Phi) is 6.24. The lowest BCUT2D eigenvalue weighted by molar-refractivity contribution is -0.118. The molecule has 0 saturated heterocycles. The van der Waals surface area contributed by atoms with E-state index in [1.54, 1.807) is 18.4 Å². The molecule has 0 aliphatic heterocycles. The number of aromatic nitrogens is 1. The monoisotopic (exact) mass is 389 g/mol. The predicted molar refractivity (Wildman–Crippen MR) is 110 cm³/mol. The Bertz CT molecular complexity index is 859. The van der Waals surface area contributed by atoms with Crippen LogP contribution in [0.25, 0.3) is 10.2 Å². The molecule has 0 radical (unpaired) electrons. The van der Waals surface area contributed by atoms with Gasteiger partial charge in [0.05, 0.1) is 23.7 Å². The number of methoxy groups -OCH3 is 1. The van der Waals surface area contributed by atoms with Gasteiger partial charge in [-0.25, -0.2) is 4.98 Å². The first kappa shape index (κ1) is 18.8. The van der Waals surface area contributed by atoms with E-state index in [0.29, 0.717) is 13.0 Å².